The van der Waals surface area contributed by atoms with Crippen molar-refractivity contribution < 1.29 is 4.79 Å². The van der Waals surface area contributed by atoms with Crippen LogP contribution in [0.4, 0.5) is 5.69 Å². The summed E-state index contributed by atoms with van der Waals surface area (Å²) in [7, 11) is 0. The van der Waals surface area contributed by atoms with Crippen molar-refractivity contribution >= 4 is 35.3 Å². The fraction of sp³-hybridized carbons (Fsp3) is 0.217. The fourth-order valence-electron chi connectivity index (χ4n) is 3.52. The van der Waals surface area contributed by atoms with Gasteiger partial charge in [-0.3, -0.25) is 4.79 Å². The Bertz CT molecular complexity index is 1000. The molecule has 0 radical (unpaired) electrons. The van der Waals surface area contributed by atoms with Gasteiger partial charge in [-0.1, -0.05) is 35.9 Å². The number of anilines is 1. The molecule has 2 aromatic carbocycles. The first-order valence-corrected chi connectivity index (χ1v) is 10.0. The molecule has 0 atom stereocenters. The standard InChI is InChI=1S/C23H23ClN4O/c1-18(29)26-10-12-27(13-11-26)22-6-4-19(5-7-22)2-3-20-14-21(24)16-23(15-20)28-9-8-25-17-28/h2-9,14-17H,10-13H2,1H3/b3-2+. The normalized spacial score (nSPS) is 14.6. The summed E-state index contributed by atoms with van der Waals surface area (Å²) in [5.74, 6) is 0.155. The van der Waals surface area contributed by atoms with Gasteiger partial charge in [-0.2, -0.15) is 0 Å². The topological polar surface area (TPSA) is 41.4 Å². The summed E-state index contributed by atoms with van der Waals surface area (Å²) < 4.78 is 1.93. The van der Waals surface area contributed by atoms with Gasteiger partial charge in [0.1, 0.15) is 0 Å². The molecule has 6 heteroatoms. The molecule has 0 spiro atoms. The summed E-state index contributed by atoms with van der Waals surface area (Å²) in [5.41, 5.74) is 4.33. The van der Waals surface area contributed by atoms with E-state index in [1.807, 2.05) is 27.8 Å². The maximum Gasteiger partial charge on any atom is 0.219 e. The number of piperazine rings is 1. The van der Waals surface area contributed by atoms with Crippen molar-refractivity contribution in [1.29, 1.82) is 0 Å². The number of carbonyl (C=O) groups is 1. The monoisotopic (exact) mass is 406 g/mol. The van der Waals surface area contributed by atoms with Gasteiger partial charge < -0.3 is 14.4 Å². The van der Waals surface area contributed by atoms with Gasteiger partial charge in [-0.15, -0.1) is 0 Å². The van der Waals surface area contributed by atoms with Crippen LogP contribution in [0, 0.1) is 0 Å². The molecular weight excluding hydrogens is 384 g/mol. The minimum absolute atomic E-state index is 0.155. The van der Waals surface area contributed by atoms with Gasteiger partial charge in [0.2, 0.25) is 5.91 Å². The van der Waals surface area contributed by atoms with Crippen molar-refractivity contribution in [2.24, 2.45) is 0 Å². The van der Waals surface area contributed by atoms with E-state index >= 15 is 0 Å². The smallest absolute Gasteiger partial charge is 0.219 e. The van der Waals surface area contributed by atoms with E-state index in [0.717, 1.165) is 43.0 Å². The molecule has 0 unspecified atom stereocenters. The Labute approximate surface area is 175 Å². The van der Waals surface area contributed by atoms with Crippen LogP contribution in [0.25, 0.3) is 17.8 Å². The second-order valence-corrected chi connectivity index (χ2v) is 7.57. The molecule has 5 nitrogen and oxygen atoms in total. The van der Waals surface area contributed by atoms with E-state index in [2.05, 4.69) is 52.4 Å². The predicted octanol–water partition coefficient (Wildman–Crippen LogP) is 4.36. The summed E-state index contributed by atoms with van der Waals surface area (Å²) in [4.78, 5) is 19.8. The lowest BCUT2D eigenvalue weighted by molar-refractivity contribution is -0.129. The number of amides is 1. The molecule has 0 saturated carbocycles. The van der Waals surface area contributed by atoms with Crippen LogP contribution in [-0.4, -0.2) is 46.5 Å². The zero-order chi connectivity index (χ0) is 20.2. The molecule has 1 fully saturated rings. The Morgan fingerprint density at radius 1 is 0.966 bits per heavy atom. The Morgan fingerprint density at radius 2 is 1.69 bits per heavy atom. The van der Waals surface area contributed by atoms with Gasteiger partial charge in [0.15, 0.2) is 0 Å². The van der Waals surface area contributed by atoms with E-state index in [-0.39, 0.29) is 5.91 Å². The zero-order valence-electron chi connectivity index (χ0n) is 16.3. The molecular formula is C23H23ClN4O. The summed E-state index contributed by atoms with van der Waals surface area (Å²) in [6.07, 6.45) is 9.55. The molecule has 1 aliphatic heterocycles. The summed E-state index contributed by atoms with van der Waals surface area (Å²) in [6.45, 7) is 4.94. The van der Waals surface area contributed by atoms with E-state index in [1.54, 1.807) is 19.4 Å². The van der Waals surface area contributed by atoms with Gasteiger partial charge in [0.05, 0.1) is 6.33 Å². The number of hydrogen-bond acceptors (Lipinski definition) is 3. The highest BCUT2D eigenvalue weighted by Crippen LogP contribution is 2.22. The first-order valence-electron chi connectivity index (χ1n) is 9.66. The van der Waals surface area contributed by atoms with Crippen LogP contribution in [0.2, 0.25) is 5.02 Å². The number of carbonyl (C=O) groups excluding carboxylic acids is 1. The lowest BCUT2D eigenvalue weighted by Gasteiger charge is -2.35. The van der Waals surface area contributed by atoms with Crippen molar-refractivity contribution in [3.63, 3.8) is 0 Å². The van der Waals surface area contributed by atoms with E-state index < -0.39 is 0 Å². The highest BCUT2D eigenvalue weighted by molar-refractivity contribution is 6.30. The van der Waals surface area contributed by atoms with Gasteiger partial charge in [0.25, 0.3) is 0 Å². The zero-order valence-corrected chi connectivity index (χ0v) is 17.1. The minimum Gasteiger partial charge on any atom is -0.368 e. The van der Waals surface area contributed by atoms with Crippen LogP contribution >= 0.6 is 11.6 Å². The molecule has 1 aliphatic rings. The van der Waals surface area contributed by atoms with Crippen LogP contribution in [-0.2, 0) is 4.79 Å². The van der Waals surface area contributed by atoms with E-state index in [9.17, 15) is 4.79 Å². The number of imidazole rings is 1. The van der Waals surface area contributed by atoms with Crippen molar-refractivity contribution in [2.45, 2.75) is 6.92 Å². The summed E-state index contributed by atoms with van der Waals surface area (Å²) in [6, 6.07) is 14.4. The lowest BCUT2D eigenvalue weighted by atomic mass is 10.1. The molecule has 0 N–H and O–H groups in total. The fourth-order valence-corrected chi connectivity index (χ4v) is 3.76. The number of halogens is 1. The first kappa shape index (κ1) is 19.3. The van der Waals surface area contributed by atoms with Gasteiger partial charge in [0, 0.05) is 61.9 Å². The van der Waals surface area contributed by atoms with E-state index in [0.29, 0.717) is 5.02 Å². The molecule has 1 amide bonds. The SMILES string of the molecule is CC(=O)N1CCN(c2ccc(/C=C/c3cc(Cl)cc(-n4ccnc4)c3)cc2)CC1. The van der Waals surface area contributed by atoms with Crippen molar-refractivity contribution in [2.75, 3.05) is 31.1 Å². The second kappa shape index (κ2) is 8.53. The predicted molar refractivity (Wildman–Crippen MR) is 118 cm³/mol. The van der Waals surface area contributed by atoms with Crippen LogP contribution in [0.3, 0.4) is 0 Å². The van der Waals surface area contributed by atoms with Gasteiger partial charge >= 0.3 is 0 Å². The third-order valence-electron chi connectivity index (χ3n) is 5.16. The molecule has 0 bridgehead atoms. The molecule has 4 rings (SSSR count). The second-order valence-electron chi connectivity index (χ2n) is 7.13. The largest absolute Gasteiger partial charge is 0.368 e. The lowest BCUT2D eigenvalue weighted by Crippen LogP contribution is -2.48. The molecule has 148 valence electrons. The maximum atomic E-state index is 11.5. The van der Waals surface area contributed by atoms with E-state index in [4.69, 9.17) is 11.6 Å². The number of benzene rings is 2. The number of aromatic nitrogens is 2. The molecule has 2 heterocycles. The van der Waals surface area contributed by atoms with Crippen LogP contribution in [0.15, 0.2) is 61.2 Å². The van der Waals surface area contributed by atoms with Crippen LogP contribution < -0.4 is 4.90 Å². The van der Waals surface area contributed by atoms with E-state index in [1.165, 1.54) is 5.69 Å². The first-order chi connectivity index (χ1) is 14.1. The van der Waals surface area contributed by atoms with Crippen LogP contribution in [0.5, 0.6) is 0 Å². The number of nitrogens with zero attached hydrogens (tertiary/aromatic N) is 4. The van der Waals surface area contributed by atoms with Crippen molar-refractivity contribution in [3.05, 3.63) is 77.3 Å². The third-order valence-corrected chi connectivity index (χ3v) is 5.38. The Balaban J connectivity index is 1.44. The highest BCUT2D eigenvalue weighted by Gasteiger charge is 2.18. The van der Waals surface area contributed by atoms with Crippen LogP contribution in [0.1, 0.15) is 18.1 Å². The van der Waals surface area contributed by atoms with Crippen molar-refractivity contribution in [3.8, 4) is 5.69 Å². The molecule has 0 aliphatic carbocycles. The number of hydrogen-bond donors (Lipinski definition) is 0. The quantitative estimate of drug-likeness (QED) is 0.604. The Hall–Kier alpha value is -3.05. The number of rotatable bonds is 4. The summed E-state index contributed by atoms with van der Waals surface area (Å²) >= 11 is 6.29. The average Bonchev–Trinajstić information content (AvgIpc) is 3.27. The van der Waals surface area contributed by atoms with Gasteiger partial charge in [-0.25, -0.2) is 4.98 Å². The van der Waals surface area contributed by atoms with Gasteiger partial charge in [-0.05, 0) is 41.5 Å². The Kier molecular flexibility index (Phi) is 5.67. The maximum absolute atomic E-state index is 11.5. The molecule has 1 saturated heterocycles. The highest BCUT2D eigenvalue weighted by atomic mass is 35.5. The molecule has 3 aromatic rings. The molecule has 29 heavy (non-hydrogen) atoms. The third kappa shape index (κ3) is 4.69. The Morgan fingerprint density at radius 3 is 2.34 bits per heavy atom. The van der Waals surface area contributed by atoms with Crippen molar-refractivity contribution in [1.82, 2.24) is 14.5 Å². The minimum atomic E-state index is 0.155. The summed E-state index contributed by atoms with van der Waals surface area (Å²) in [5, 5.41) is 0.691. The molecule has 1 aromatic heterocycles. The average molecular weight is 407 g/mol.